The van der Waals surface area contributed by atoms with Crippen molar-refractivity contribution in [3.05, 3.63) is 36.7 Å². The van der Waals surface area contributed by atoms with Crippen molar-refractivity contribution in [1.29, 1.82) is 0 Å². The van der Waals surface area contributed by atoms with Gasteiger partial charge in [-0.3, -0.25) is 0 Å². The Bertz CT molecular complexity index is 969. The molecule has 0 aliphatic carbocycles. The maximum Gasteiger partial charge on any atom is 0.243 e. The van der Waals surface area contributed by atoms with E-state index in [1.54, 1.807) is 34.9 Å². The maximum absolute atomic E-state index is 13.2. The Morgan fingerprint density at radius 2 is 1.59 bits per heavy atom. The van der Waals surface area contributed by atoms with Gasteiger partial charge in [-0.15, -0.1) is 0 Å². The van der Waals surface area contributed by atoms with Gasteiger partial charge in [0.2, 0.25) is 16.0 Å². The molecule has 2 saturated heterocycles. The van der Waals surface area contributed by atoms with E-state index in [4.69, 9.17) is 9.47 Å². The van der Waals surface area contributed by atoms with E-state index in [0.717, 1.165) is 31.9 Å². The molecule has 2 aromatic rings. The molecule has 154 valence electrons. The second kappa shape index (κ2) is 7.46. The van der Waals surface area contributed by atoms with E-state index in [1.165, 1.54) is 0 Å². The van der Waals surface area contributed by atoms with E-state index < -0.39 is 10.0 Å². The molecule has 1 aromatic carbocycles. The highest BCUT2D eigenvalue weighted by molar-refractivity contribution is 7.89. The van der Waals surface area contributed by atoms with Gasteiger partial charge in [0.15, 0.2) is 11.5 Å². The summed E-state index contributed by atoms with van der Waals surface area (Å²) < 4.78 is 39.2. The van der Waals surface area contributed by atoms with Crippen molar-refractivity contribution in [2.75, 3.05) is 44.3 Å². The van der Waals surface area contributed by atoms with Crippen molar-refractivity contribution in [2.24, 2.45) is 11.8 Å². The highest BCUT2D eigenvalue weighted by Crippen LogP contribution is 2.37. The number of ether oxygens (including phenoxy) is 2. The number of hydrogen-bond acceptors (Lipinski definition) is 7. The summed E-state index contributed by atoms with van der Waals surface area (Å²) in [6.07, 6.45) is 5.40. The Morgan fingerprint density at radius 1 is 0.931 bits per heavy atom. The maximum atomic E-state index is 13.2. The molecule has 8 nitrogen and oxygen atoms in total. The molecule has 1 aromatic heterocycles. The van der Waals surface area contributed by atoms with Crippen LogP contribution in [0.15, 0.2) is 41.6 Å². The van der Waals surface area contributed by atoms with Crippen LogP contribution in [0.4, 0.5) is 5.95 Å². The molecule has 29 heavy (non-hydrogen) atoms. The minimum absolute atomic E-state index is 0.275. The third kappa shape index (κ3) is 3.53. The minimum atomic E-state index is -3.55. The largest absolute Gasteiger partial charge is 0.486 e. The summed E-state index contributed by atoms with van der Waals surface area (Å²) in [5.74, 6) is 2.58. The lowest BCUT2D eigenvalue weighted by Crippen LogP contribution is -2.31. The molecule has 3 aliphatic rings. The van der Waals surface area contributed by atoms with Crippen LogP contribution in [0.5, 0.6) is 11.5 Å². The van der Waals surface area contributed by atoms with E-state index in [-0.39, 0.29) is 4.90 Å². The number of aromatic nitrogens is 2. The Kier molecular flexibility index (Phi) is 4.79. The molecule has 0 amide bonds. The van der Waals surface area contributed by atoms with Gasteiger partial charge in [-0.2, -0.15) is 4.31 Å². The normalized spacial score (nSPS) is 24.8. The Balaban J connectivity index is 1.30. The summed E-state index contributed by atoms with van der Waals surface area (Å²) in [6.45, 7) is 3.74. The van der Waals surface area contributed by atoms with Crippen molar-refractivity contribution in [1.82, 2.24) is 14.3 Å². The fraction of sp³-hybridized carbons (Fsp3) is 0.500. The Hall–Kier alpha value is -2.39. The lowest BCUT2D eigenvalue weighted by atomic mass is 9.92. The zero-order valence-electron chi connectivity index (χ0n) is 16.1. The van der Waals surface area contributed by atoms with Crippen molar-refractivity contribution < 1.29 is 17.9 Å². The van der Waals surface area contributed by atoms with Crippen LogP contribution >= 0.6 is 0 Å². The zero-order chi connectivity index (χ0) is 19.8. The fourth-order valence-corrected chi connectivity index (χ4v) is 6.06. The van der Waals surface area contributed by atoms with E-state index >= 15 is 0 Å². The fourth-order valence-electron chi connectivity index (χ4n) is 4.49. The van der Waals surface area contributed by atoms with E-state index in [9.17, 15) is 8.42 Å². The molecule has 2 atom stereocenters. The molecule has 0 N–H and O–H groups in total. The van der Waals surface area contributed by atoms with Crippen LogP contribution in [-0.2, 0) is 10.0 Å². The SMILES string of the molecule is O=S(=O)(c1ccc2c(c1)OCCO2)N1C[C@H]2CCN(c3ncccn3)CC[C@H]2C1. The standard InChI is InChI=1S/C20H24N4O4S/c25-29(26,17-2-3-18-19(12-17)28-11-10-27-18)24-13-15-4-8-23(9-5-16(15)14-24)20-21-6-1-7-22-20/h1-3,6-7,12,15-16H,4-5,8-11,13-14H2/t15-,16+. The number of sulfonamides is 1. The molecule has 2 fully saturated rings. The van der Waals surface area contributed by atoms with Crippen LogP contribution in [0.3, 0.4) is 0 Å². The van der Waals surface area contributed by atoms with Crippen molar-refractivity contribution in [3.8, 4) is 11.5 Å². The lowest BCUT2D eigenvalue weighted by Gasteiger charge is -2.22. The number of anilines is 1. The Morgan fingerprint density at radius 3 is 2.28 bits per heavy atom. The number of rotatable bonds is 3. The predicted octanol–water partition coefficient (Wildman–Crippen LogP) is 1.78. The smallest absolute Gasteiger partial charge is 0.243 e. The highest BCUT2D eigenvalue weighted by atomic mass is 32.2. The first-order chi connectivity index (χ1) is 14.1. The molecule has 4 heterocycles. The molecule has 0 saturated carbocycles. The summed E-state index contributed by atoms with van der Waals surface area (Å²) in [6, 6.07) is 6.71. The van der Waals surface area contributed by atoms with E-state index in [1.807, 2.05) is 6.07 Å². The Labute approximate surface area is 170 Å². The number of nitrogens with zero attached hydrogens (tertiary/aromatic N) is 4. The van der Waals surface area contributed by atoms with Crippen LogP contribution in [0.25, 0.3) is 0 Å². The van der Waals surface area contributed by atoms with Gasteiger partial charge in [0.25, 0.3) is 0 Å². The second-order valence-corrected chi connectivity index (χ2v) is 9.70. The molecule has 9 heteroatoms. The van der Waals surface area contributed by atoms with Gasteiger partial charge < -0.3 is 14.4 Å². The van der Waals surface area contributed by atoms with Crippen LogP contribution < -0.4 is 14.4 Å². The van der Waals surface area contributed by atoms with Crippen LogP contribution in [-0.4, -0.2) is 62.1 Å². The van der Waals surface area contributed by atoms with Crippen LogP contribution in [0.2, 0.25) is 0 Å². The van der Waals surface area contributed by atoms with Crippen LogP contribution in [0.1, 0.15) is 12.8 Å². The monoisotopic (exact) mass is 416 g/mol. The van der Waals surface area contributed by atoms with Gasteiger partial charge in [-0.25, -0.2) is 18.4 Å². The molecular formula is C20H24N4O4S. The summed E-state index contributed by atoms with van der Waals surface area (Å²) >= 11 is 0. The highest BCUT2D eigenvalue weighted by Gasteiger charge is 2.40. The summed E-state index contributed by atoms with van der Waals surface area (Å²) in [5.41, 5.74) is 0. The average Bonchev–Trinajstić information content (AvgIpc) is 3.08. The number of benzene rings is 1. The first-order valence-corrected chi connectivity index (χ1v) is 11.5. The molecule has 0 bridgehead atoms. The predicted molar refractivity (Wildman–Crippen MR) is 107 cm³/mol. The summed E-state index contributed by atoms with van der Waals surface area (Å²) in [7, 11) is -3.55. The second-order valence-electron chi connectivity index (χ2n) is 7.76. The molecule has 0 unspecified atom stereocenters. The van der Waals surface area contributed by atoms with Gasteiger partial charge in [0, 0.05) is 44.6 Å². The third-order valence-corrected chi connectivity index (χ3v) is 7.90. The zero-order valence-corrected chi connectivity index (χ0v) is 16.9. The van der Waals surface area contributed by atoms with Gasteiger partial charge in [-0.05, 0) is 42.9 Å². The molecule has 0 radical (unpaired) electrons. The van der Waals surface area contributed by atoms with Crippen molar-refractivity contribution in [3.63, 3.8) is 0 Å². The molecule has 5 rings (SSSR count). The topological polar surface area (TPSA) is 84.9 Å². The van der Waals surface area contributed by atoms with E-state index in [2.05, 4.69) is 14.9 Å². The van der Waals surface area contributed by atoms with Crippen LogP contribution in [0, 0.1) is 11.8 Å². The lowest BCUT2D eigenvalue weighted by molar-refractivity contribution is 0.171. The quantitative estimate of drug-likeness (QED) is 0.754. The first-order valence-electron chi connectivity index (χ1n) is 10.0. The van der Waals surface area contributed by atoms with Crippen molar-refractivity contribution in [2.45, 2.75) is 17.7 Å². The number of hydrogen-bond donors (Lipinski definition) is 0. The van der Waals surface area contributed by atoms with Gasteiger partial charge in [0.05, 0.1) is 4.90 Å². The van der Waals surface area contributed by atoms with Crippen molar-refractivity contribution >= 4 is 16.0 Å². The third-order valence-electron chi connectivity index (χ3n) is 6.07. The minimum Gasteiger partial charge on any atom is -0.486 e. The molecule has 3 aliphatic heterocycles. The molecule has 0 spiro atoms. The first kappa shape index (κ1) is 18.6. The number of fused-ring (bicyclic) bond motifs is 2. The van der Waals surface area contributed by atoms with Gasteiger partial charge >= 0.3 is 0 Å². The average molecular weight is 417 g/mol. The van der Waals surface area contributed by atoms with E-state index in [0.29, 0.717) is 49.6 Å². The molecular weight excluding hydrogens is 392 g/mol. The summed E-state index contributed by atoms with van der Waals surface area (Å²) in [4.78, 5) is 11.2. The summed E-state index contributed by atoms with van der Waals surface area (Å²) in [5, 5.41) is 0. The van der Waals surface area contributed by atoms with Gasteiger partial charge in [0.1, 0.15) is 13.2 Å². The van der Waals surface area contributed by atoms with Gasteiger partial charge in [-0.1, -0.05) is 0 Å².